The zero-order valence-electron chi connectivity index (χ0n) is 15.9. The van der Waals surface area contributed by atoms with Gasteiger partial charge in [0.05, 0.1) is 11.6 Å². The number of halogens is 2. The van der Waals surface area contributed by atoms with Gasteiger partial charge >= 0.3 is 0 Å². The van der Waals surface area contributed by atoms with Crippen molar-refractivity contribution < 1.29 is 14.7 Å². The van der Waals surface area contributed by atoms with E-state index >= 15 is 0 Å². The molecule has 3 rings (SSSR count). The number of rotatable bonds is 4. The van der Waals surface area contributed by atoms with Crippen LogP contribution in [0.25, 0.3) is 0 Å². The molecular weight excluding hydrogens is 397 g/mol. The number of aliphatic hydroxyl groups excluding tert-OH is 1. The Balaban J connectivity index is 2.15. The lowest BCUT2D eigenvalue weighted by Gasteiger charge is -2.29. The van der Waals surface area contributed by atoms with E-state index in [-0.39, 0.29) is 17.9 Å². The van der Waals surface area contributed by atoms with Crippen molar-refractivity contribution in [2.45, 2.75) is 33.4 Å². The topological polar surface area (TPSA) is 57.6 Å². The highest BCUT2D eigenvalue weighted by molar-refractivity contribution is 6.35. The second kappa shape index (κ2) is 7.61. The Hall–Kier alpha value is -2.30. The lowest BCUT2D eigenvalue weighted by Crippen LogP contribution is -2.32. The number of hydrogen-bond acceptors (Lipinski definition) is 3. The molecule has 0 radical (unpaired) electrons. The summed E-state index contributed by atoms with van der Waals surface area (Å²) in [5.41, 5.74) is 0.719. The number of amides is 1. The molecule has 1 heterocycles. The van der Waals surface area contributed by atoms with Gasteiger partial charge in [-0.2, -0.15) is 0 Å². The number of hydrogen-bond donors (Lipinski definition) is 1. The largest absolute Gasteiger partial charge is 0.503 e. The van der Waals surface area contributed by atoms with Gasteiger partial charge in [0.2, 0.25) is 0 Å². The van der Waals surface area contributed by atoms with Crippen molar-refractivity contribution in [1.29, 1.82) is 0 Å². The van der Waals surface area contributed by atoms with Crippen molar-refractivity contribution >= 4 is 34.9 Å². The van der Waals surface area contributed by atoms with Crippen LogP contribution in [0, 0.1) is 5.41 Å². The summed E-state index contributed by atoms with van der Waals surface area (Å²) in [5.74, 6) is -1.41. The zero-order chi connectivity index (χ0) is 20.6. The molecule has 28 heavy (non-hydrogen) atoms. The van der Waals surface area contributed by atoms with Gasteiger partial charge in [0.25, 0.3) is 5.91 Å². The third-order valence-corrected chi connectivity index (χ3v) is 5.24. The van der Waals surface area contributed by atoms with Crippen LogP contribution < -0.4 is 0 Å². The molecule has 0 saturated heterocycles. The number of carbonyl (C=O) groups is 2. The van der Waals surface area contributed by atoms with Gasteiger partial charge in [-0.1, -0.05) is 80.4 Å². The van der Waals surface area contributed by atoms with Gasteiger partial charge in [0.15, 0.2) is 11.5 Å². The van der Waals surface area contributed by atoms with Gasteiger partial charge < -0.3 is 10.0 Å². The normalized spacial score (nSPS) is 17.4. The minimum absolute atomic E-state index is 0.0673. The SMILES string of the molecule is CC(C)(C)C(=O)C1=C(O)C(=O)N(Cc2ccccc2)[C@H]1c1ccc(Cl)cc1Cl. The minimum Gasteiger partial charge on any atom is -0.503 e. The molecule has 146 valence electrons. The van der Waals surface area contributed by atoms with Gasteiger partial charge in [-0.05, 0) is 23.3 Å². The first-order valence-corrected chi connectivity index (χ1v) is 9.64. The second-order valence-electron chi connectivity index (χ2n) is 7.83. The van der Waals surface area contributed by atoms with Crippen molar-refractivity contribution in [2.24, 2.45) is 5.41 Å². The maximum Gasteiger partial charge on any atom is 0.290 e. The molecule has 1 aliphatic rings. The molecule has 2 aromatic carbocycles. The van der Waals surface area contributed by atoms with Gasteiger partial charge in [-0.25, -0.2) is 0 Å². The first kappa shape index (κ1) is 20.4. The van der Waals surface area contributed by atoms with Crippen LogP contribution in [0.2, 0.25) is 10.0 Å². The highest BCUT2D eigenvalue weighted by atomic mass is 35.5. The first-order chi connectivity index (χ1) is 13.1. The third-order valence-electron chi connectivity index (χ3n) is 4.68. The number of benzene rings is 2. The summed E-state index contributed by atoms with van der Waals surface area (Å²) in [5, 5.41) is 11.4. The molecule has 0 aromatic heterocycles. The monoisotopic (exact) mass is 417 g/mol. The molecule has 4 nitrogen and oxygen atoms in total. The molecule has 0 bridgehead atoms. The summed E-state index contributed by atoms with van der Waals surface area (Å²) >= 11 is 12.4. The second-order valence-corrected chi connectivity index (χ2v) is 8.67. The Bertz CT molecular complexity index is 961. The van der Waals surface area contributed by atoms with E-state index in [1.54, 1.807) is 39.0 Å². The summed E-state index contributed by atoms with van der Waals surface area (Å²) in [6.45, 7) is 5.48. The standard InChI is InChI=1S/C22H21Cl2NO3/c1-22(2,3)20(27)17-18(15-10-9-14(23)11-16(15)24)25(21(28)19(17)26)12-13-7-5-4-6-8-13/h4-11,18,26H,12H2,1-3H3/t18-/m0/s1. The Morgan fingerprint density at radius 2 is 1.75 bits per heavy atom. The Labute approximate surface area is 174 Å². The molecule has 2 aromatic rings. The van der Waals surface area contributed by atoms with Gasteiger partial charge in [-0.15, -0.1) is 0 Å². The average molecular weight is 418 g/mol. The molecule has 0 saturated carbocycles. The molecule has 0 spiro atoms. The summed E-state index contributed by atoms with van der Waals surface area (Å²) in [6.07, 6.45) is 0. The van der Waals surface area contributed by atoms with E-state index in [1.807, 2.05) is 30.3 Å². The van der Waals surface area contributed by atoms with E-state index in [2.05, 4.69) is 0 Å². The maximum absolute atomic E-state index is 13.1. The van der Waals surface area contributed by atoms with E-state index in [0.29, 0.717) is 15.6 Å². The molecule has 1 atom stereocenters. The predicted molar refractivity (Wildman–Crippen MR) is 110 cm³/mol. The lowest BCUT2D eigenvalue weighted by atomic mass is 9.82. The summed E-state index contributed by atoms with van der Waals surface area (Å²) in [4.78, 5) is 27.5. The third kappa shape index (κ3) is 3.80. The predicted octanol–water partition coefficient (Wildman–Crippen LogP) is 5.50. The smallest absolute Gasteiger partial charge is 0.290 e. The van der Waals surface area contributed by atoms with Crippen LogP contribution in [0.3, 0.4) is 0 Å². The Morgan fingerprint density at radius 3 is 2.32 bits per heavy atom. The first-order valence-electron chi connectivity index (χ1n) is 8.89. The molecule has 1 aliphatic heterocycles. The van der Waals surface area contributed by atoms with Crippen molar-refractivity contribution in [3.63, 3.8) is 0 Å². The number of carbonyl (C=O) groups excluding carboxylic acids is 2. The molecule has 1 N–H and O–H groups in total. The van der Waals surface area contributed by atoms with Gasteiger partial charge in [0, 0.05) is 22.0 Å². The number of Topliss-reactive ketones (excluding diaryl/α,β-unsaturated/α-hetero) is 1. The summed E-state index contributed by atoms with van der Waals surface area (Å²) in [7, 11) is 0. The van der Waals surface area contributed by atoms with Gasteiger partial charge in [0.1, 0.15) is 0 Å². The van der Waals surface area contributed by atoms with Crippen LogP contribution >= 0.6 is 23.2 Å². The van der Waals surface area contributed by atoms with Crippen LogP contribution in [0.4, 0.5) is 0 Å². The quantitative estimate of drug-likeness (QED) is 0.713. The van der Waals surface area contributed by atoms with E-state index < -0.39 is 23.1 Å². The molecular formula is C22H21Cl2NO3. The van der Waals surface area contributed by atoms with E-state index in [1.165, 1.54) is 4.90 Å². The lowest BCUT2D eigenvalue weighted by molar-refractivity contribution is -0.130. The summed E-state index contributed by atoms with van der Waals surface area (Å²) in [6, 6.07) is 13.5. The minimum atomic E-state index is -0.788. The number of nitrogens with zero attached hydrogens (tertiary/aromatic N) is 1. The van der Waals surface area contributed by atoms with Crippen LogP contribution in [0.1, 0.15) is 37.9 Å². The number of aliphatic hydroxyl groups is 1. The van der Waals surface area contributed by atoms with E-state index in [9.17, 15) is 14.7 Å². The van der Waals surface area contributed by atoms with Crippen LogP contribution in [0.5, 0.6) is 0 Å². The zero-order valence-corrected chi connectivity index (χ0v) is 17.4. The Kier molecular flexibility index (Phi) is 5.55. The number of ketones is 1. The van der Waals surface area contributed by atoms with E-state index in [0.717, 1.165) is 5.56 Å². The average Bonchev–Trinajstić information content (AvgIpc) is 2.86. The Morgan fingerprint density at radius 1 is 1.11 bits per heavy atom. The maximum atomic E-state index is 13.1. The van der Waals surface area contributed by atoms with Crippen molar-refractivity contribution in [1.82, 2.24) is 4.90 Å². The molecule has 0 fully saturated rings. The van der Waals surface area contributed by atoms with E-state index in [4.69, 9.17) is 23.2 Å². The molecule has 1 amide bonds. The fourth-order valence-electron chi connectivity index (χ4n) is 3.28. The van der Waals surface area contributed by atoms with Crippen LogP contribution in [-0.4, -0.2) is 21.7 Å². The molecule has 6 heteroatoms. The highest BCUT2D eigenvalue weighted by Crippen LogP contribution is 2.44. The van der Waals surface area contributed by atoms with Crippen LogP contribution in [0.15, 0.2) is 59.9 Å². The summed E-state index contributed by atoms with van der Waals surface area (Å²) < 4.78 is 0. The van der Waals surface area contributed by atoms with Crippen LogP contribution in [-0.2, 0) is 16.1 Å². The van der Waals surface area contributed by atoms with Gasteiger partial charge in [-0.3, -0.25) is 9.59 Å². The van der Waals surface area contributed by atoms with Crippen molar-refractivity contribution in [3.05, 3.63) is 81.0 Å². The van der Waals surface area contributed by atoms with Crippen molar-refractivity contribution in [2.75, 3.05) is 0 Å². The van der Waals surface area contributed by atoms with Crippen molar-refractivity contribution in [3.8, 4) is 0 Å². The molecule has 0 aliphatic carbocycles. The fourth-order valence-corrected chi connectivity index (χ4v) is 3.79. The fraction of sp³-hybridized carbons (Fsp3) is 0.273. The molecule has 0 unspecified atom stereocenters. The highest BCUT2D eigenvalue weighted by Gasteiger charge is 2.46.